The van der Waals surface area contributed by atoms with Crippen LogP contribution in [0.25, 0.3) is 20.8 Å². The smallest absolute Gasteiger partial charge is 0.241 e. The van der Waals surface area contributed by atoms with Crippen molar-refractivity contribution in [3.05, 3.63) is 48.0 Å². The normalized spacial score (nSPS) is 21.2. The first kappa shape index (κ1) is 20.0. The minimum absolute atomic E-state index is 0.00881. The van der Waals surface area contributed by atoms with E-state index in [1.54, 1.807) is 11.3 Å². The zero-order valence-corrected chi connectivity index (χ0v) is 18.1. The van der Waals surface area contributed by atoms with Gasteiger partial charge in [0, 0.05) is 24.3 Å². The molecule has 0 spiro atoms. The van der Waals surface area contributed by atoms with Gasteiger partial charge in [-0.1, -0.05) is 6.07 Å². The number of fused-ring (bicyclic) bond motifs is 1. The van der Waals surface area contributed by atoms with E-state index in [9.17, 15) is 4.79 Å². The lowest BCUT2D eigenvalue weighted by atomic mass is 10.1. The van der Waals surface area contributed by atoms with E-state index >= 15 is 0 Å². The minimum Gasteiger partial charge on any atom is -0.373 e. The van der Waals surface area contributed by atoms with E-state index in [4.69, 9.17) is 9.72 Å². The Kier molecular flexibility index (Phi) is 5.67. The van der Waals surface area contributed by atoms with Crippen LogP contribution < -0.4 is 5.32 Å². The summed E-state index contributed by atoms with van der Waals surface area (Å²) in [6, 6.07) is 14.0. The van der Waals surface area contributed by atoms with Crippen molar-refractivity contribution in [3.63, 3.8) is 0 Å². The fourth-order valence-corrected chi connectivity index (χ4v) is 4.87. The van der Waals surface area contributed by atoms with E-state index in [0.717, 1.165) is 34.9 Å². The zero-order valence-electron chi connectivity index (χ0n) is 17.3. The minimum atomic E-state index is -0.198. The number of nitrogens with one attached hydrogen (secondary N) is 1. The van der Waals surface area contributed by atoms with Crippen LogP contribution in [0.4, 0.5) is 5.69 Å². The van der Waals surface area contributed by atoms with Crippen molar-refractivity contribution in [2.45, 2.75) is 45.9 Å². The van der Waals surface area contributed by atoms with Gasteiger partial charge in [0.15, 0.2) is 0 Å². The molecule has 29 heavy (non-hydrogen) atoms. The number of ether oxygens (including phenoxy) is 1. The van der Waals surface area contributed by atoms with E-state index in [1.165, 1.54) is 10.3 Å². The third kappa shape index (κ3) is 4.50. The molecule has 3 aromatic rings. The molecule has 1 N–H and O–H groups in total. The highest BCUT2D eigenvalue weighted by atomic mass is 32.1. The number of aryl methyl sites for hydroxylation is 1. The average Bonchev–Trinajstić information content (AvgIpc) is 3.10. The second kappa shape index (κ2) is 8.22. The fourth-order valence-electron chi connectivity index (χ4n) is 3.80. The zero-order chi connectivity index (χ0) is 20.5. The Balaban J connectivity index is 1.44. The predicted molar refractivity (Wildman–Crippen MR) is 119 cm³/mol. The van der Waals surface area contributed by atoms with Gasteiger partial charge in [0.1, 0.15) is 5.01 Å². The summed E-state index contributed by atoms with van der Waals surface area (Å²) in [5, 5.41) is 4.04. The van der Waals surface area contributed by atoms with Gasteiger partial charge in [0.05, 0.1) is 28.5 Å². The van der Waals surface area contributed by atoms with Crippen LogP contribution in [-0.2, 0) is 9.53 Å². The molecule has 2 heterocycles. The van der Waals surface area contributed by atoms with Crippen LogP contribution in [-0.4, -0.2) is 47.1 Å². The van der Waals surface area contributed by atoms with Gasteiger partial charge >= 0.3 is 0 Å². The molecule has 1 aliphatic rings. The van der Waals surface area contributed by atoms with Crippen molar-refractivity contribution >= 4 is 33.1 Å². The topological polar surface area (TPSA) is 54.5 Å². The summed E-state index contributed by atoms with van der Waals surface area (Å²) >= 11 is 1.69. The Morgan fingerprint density at radius 2 is 1.86 bits per heavy atom. The molecule has 1 aromatic heterocycles. The molecule has 0 aliphatic carbocycles. The van der Waals surface area contributed by atoms with Crippen LogP contribution >= 0.6 is 11.3 Å². The second-order valence-corrected chi connectivity index (χ2v) is 8.97. The maximum Gasteiger partial charge on any atom is 0.241 e. The number of hydrogen-bond donors (Lipinski definition) is 1. The lowest BCUT2D eigenvalue weighted by Gasteiger charge is -2.38. The lowest BCUT2D eigenvalue weighted by molar-refractivity contribution is -0.126. The number of carbonyl (C=O) groups excluding carboxylic acids is 1. The van der Waals surface area contributed by atoms with E-state index in [-0.39, 0.29) is 24.2 Å². The van der Waals surface area contributed by atoms with E-state index in [2.05, 4.69) is 49.2 Å². The maximum atomic E-state index is 12.7. The third-order valence-corrected chi connectivity index (χ3v) is 6.39. The lowest BCUT2D eigenvalue weighted by Crippen LogP contribution is -2.52. The summed E-state index contributed by atoms with van der Waals surface area (Å²) in [5.41, 5.74) is 4.13. The van der Waals surface area contributed by atoms with E-state index in [1.807, 2.05) is 31.2 Å². The Morgan fingerprint density at radius 3 is 2.55 bits per heavy atom. The van der Waals surface area contributed by atoms with Gasteiger partial charge < -0.3 is 10.1 Å². The largest absolute Gasteiger partial charge is 0.373 e. The number of morpholine rings is 1. The molecular weight excluding hydrogens is 382 g/mol. The van der Waals surface area contributed by atoms with Crippen LogP contribution in [0.1, 0.15) is 26.3 Å². The highest BCUT2D eigenvalue weighted by molar-refractivity contribution is 7.21. The monoisotopic (exact) mass is 409 g/mol. The van der Waals surface area contributed by atoms with Crippen LogP contribution in [0.3, 0.4) is 0 Å². The molecule has 1 fully saturated rings. The van der Waals surface area contributed by atoms with Crippen molar-refractivity contribution in [1.82, 2.24) is 9.88 Å². The van der Waals surface area contributed by atoms with Crippen LogP contribution in [0.5, 0.6) is 0 Å². The standard InChI is InChI=1S/C23H27N3O2S/c1-14-5-10-20-21(11-14)29-23(25-20)18-6-8-19(9-7-18)24-22(27)17(4)26-12-15(2)28-16(3)13-26/h5-11,15-17H,12-13H2,1-4H3,(H,24,27)/t15-,16+,17-/m0/s1. The third-order valence-electron chi connectivity index (χ3n) is 5.32. The first-order valence-corrected chi connectivity index (χ1v) is 10.9. The predicted octanol–water partition coefficient (Wildman–Crippen LogP) is 4.71. The summed E-state index contributed by atoms with van der Waals surface area (Å²) in [6.07, 6.45) is 0.289. The molecule has 6 heteroatoms. The van der Waals surface area contributed by atoms with Gasteiger partial charge in [-0.25, -0.2) is 4.98 Å². The van der Waals surface area contributed by atoms with E-state index < -0.39 is 0 Å². The number of amides is 1. The Hall–Kier alpha value is -2.28. The highest BCUT2D eigenvalue weighted by Gasteiger charge is 2.29. The molecule has 1 saturated heterocycles. The summed E-state index contributed by atoms with van der Waals surface area (Å²) < 4.78 is 6.96. The maximum absolute atomic E-state index is 12.7. The SMILES string of the molecule is Cc1ccc2nc(-c3ccc(NC(=O)[C@H](C)N4C[C@@H](C)O[C@@H](C)C4)cc3)sc2c1. The number of thiazole rings is 1. The fraction of sp³-hybridized carbons (Fsp3) is 0.391. The number of carbonyl (C=O) groups is 1. The number of anilines is 1. The van der Waals surface area contributed by atoms with Crippen molar-refractivity contribution in [2.24, 2.45) is 0 Å². The summed E-state index contributed by atoms with van der Waals surface area (Å²) in [6.45, 7) is 9.70. The number of benzene rings is 2. The molecule has 5 nitrogen and oxygen atoms in total. The molecule has 0 radical (unpaired) electrons. The molecular formula is C23H27N3O2S. The average molecular weight is 410 g/mol. The summed E-state index contributed by atoms with van der Waals surface area (Å²) in [4.78, 5) is 19.6. The highest BCUT2D eigenvalue weighted by Crippen LogP contribution is 2.31. The molecule has 0 bridgehead atoms. The van der Waals surface area contributed by atoms with Crippen molar-refractivity contribution in [3.8, 4) is 10.6 Å². The Morgan fingerprint density at radius 1 is 1.17 bits per heavy atom. The van der Waals surface area contributed by atoms with Crippen LogP contribution in [0, 0.1) is 6.92 Å². The van der Waals surface area contributed by atoms with Crippen molar-refractivity contribution < 1.29 is 9.53 Å². The molecule has 4 rings (SSSR count). The number of hydrogen-bond acceptors (Lipinski definition) is 5. The van der Waals surface area contributed by atoms with Crippen LogP contribution in [0.2, 0.25) is 0 Å². The number of nitrogens with zero attached hydrogens (tertiary/aromatic N) is 2. The van der Waals surface area contributed by atoms with Gasteiger partial charge in [-0.3, -0.25) is 9.69 Å². The first-order chi connectivity index (χ1) is 13.9. The summed E-state index contributed by atoms with van der Waals surface area (Å²) in [5.74, 6) is 0.00881. The quantitative estimate of drug-likeness (QED) is 0.678. The molecule has 3 atom stereocenters. The van der Waals surface area contributed by atoms with E-state index in [0.29, 0.717) is 0 Å². The first-order valence-electron chi connectivity index (χ1n) is 10.1. The van der Waals surface area contributed by atoms with Crippen molar-refractivity contribution in [1.29, 1.82) is 0 Å². The molecule has 152 valence electrons. The second-order valence-electron chi connectivity index (χ2n) is 7.94. The van der Waals surface area contributed by atoms with Crippen LogP contribution in [0.15, 0.2) is 42.5 Å². The molecule has 0 unspecified atom stereocenters. The Bertz CT molecular complexity index is 1000. The number of aromatic nitrogens is 1. The number of rotatable bonds is 4. The van der Waals surface area contributed by atoms with Gasteiger partial charge in [-0.2, -0.15) is 0 Å². The summed E-state index contributed by atoms with van der Waals surface area (Å²) in [7, 11) is 0. The van der Waals surface area contributed by atoms with Gasteiger partial charge in [-0.05, 0) is 69.7 Å². The molecule has 0 saturated carbocycles. The Labute approximate surface area is 175 Å². The molecule has 1 aliphatic heterocycles. The van der Waals surface area contributed by atoms with Gasteiger partial charge in [0.2, 0.25) is 5.91 Å². The molecule has 2 aromatic carbocycles. The van der Waals surface area contributed by atoms with Gasteiger partial charge in [-0.15, -0.1) is 11.3 Å². The van der Waals surface area contributed by atoms with Crippen molar-refractivity contribution in [2.75, 3.05) is 18.4 Å². The van der Waals surface area contributed by atoms with Gasteiger partial charge in [0.25, 0.3) is 0 Å². The molecule has 1 amide bonds.